The van der Waals surface area contributed by atoms with Crippen molar-refractivity contribution < 1.29 is 9.13 Å². The summed E-state index contributed by atoms with van der Waals surface area (Å²) in [6.45, 7) is 2.60. The van der Waals surface area contributed by atoms with Crippen molar-refractivity contribution >= 4 is 15.9 Å². The van der Waals surface area contributed by atoms with Crippen LogP contribution in [0.3, 0.4) is 0 Å². The van der Waals surface area contributed by atoms with Crippen LogP contribution in [0.2, 0.25) is 0 Å². The quantitative estimate of drug-likeness (QED) is 0.917. The van der Waals surface area contributed by atoms with Crippen LogP contribution in [0.1, 0.15) is 24.8 Å². The lowest BCUT2D eigenvalue weighted by atomic mass is 9.97. The standard InChI is InChI=1S/C11H15BrFNO/c1-7(5-6-14)8-3-4-9(12)10(13)11(8)15-2/h3-4,7H,5-6,14H2,1-2H3. The van der Waals surface area contributed by atoms with Gasteiger partial charge in [-0.05, 0) is 40.9 Å². The van der Waals surface area contributed by atoms with E-state index in [1.165, 1.54) is 7.11 Å². The number of benzene rings is 1. The van der Waals surface area contributed by atoms with Crippen molar-refractivity contribution in [1.82, 2.24) is 0 Å². The van der Waals surface area contributed by atoms with E-state index in [-0.39, 0.29) is 11.7 Å². The normalized spacial score (nSPS) is 12.6. The van der Waals surface area contributed by atoms with Gasteiger partial charge in [0.25, 0.3) is 0 Å². The lowest BCUT2D eigenvalue weighted by Crippen LogP contribution is -2.06. The second kappa shape index (κ2) is 5.47. The molecule has 4 heteroatoms. The number of hydrogen-bond donors (Lipinski definition) is 1. The van der Waals surface area contributed by atoms with E-state index in [0.29, 0.717) is 16.8 Å². The van der Waals surface area contributed by atoms with Crippen molar-refractivity contribution in [3.8, 4) is 5.75 Å². The lowest BCUT2D eigenvalue weighted by Gasteiger charge is -2.15. The van der Waals surface area contributed by atoms with Gasteiger partial charge in [-0.2, -0.15) is 0 Å². The van der Waals surface area contributed by atoms with Crippen molar-refractivity contribution in [2.75, 3.05) is 13.7 Å². The van der Waals surface area contributed by atoms with E-state index in [0.717, 1.165) is 12.0 Å². The molecule has 2 N–H and O–H groups in total. The molecular weight excluding hydrogens is 261 g/mol. The third-order valence-corrected chi connectivity index (χ3v) is 3.03. The van der Waals surface area contributed by atoms with Crippen LogP contribution in [-0.2, 0) is 0 Å². The summed E-state index contributed by atoms with van der Waals surface area (Å²) in [7, 11) is 1.48. The molecule has 0 radical (unpaired) electrons. The number of halogens is 2. The zero-order chi connectivity index (χ0) is 11.4. The van der Waals surface area contributed by atoms with E-state index in [4.69, 9.17) is 10.5 Å². The summed E-state index contributed by atoms with van der Waals surface area (Å²) in [6, 6.07) is 3.56. The number of nitrogens with two attached hydrogens (primary N) is 1. The molecule has 1 unspecified atom stereocenters. The maximum atomic E-state index is 13.7. The zero-order valence-corrected chi connectivity index (χ0v) is 10.5. The van der Waals surface area contributed by atoms with Gasteiger partial charge in [-0.15, -0.1) is 0 Å². The molecule has 0 amide bonds. The van der Waals surface area contributed by atoms with Gasteiger partial charge in [-0.3, -0.25) is 0 Å². The lowest BCUT2D eigenvalue weighted by molar-refractivity contribution is 0.376. The molecule has 15 heavy (non-hydrogen) atoms. The molecule has 1 atom stereocenters. The third kappa shape index (κ3) is 2.69. The Bertz CT molecular complexity index is 344. The van der Waals surface area contributed by atoms with Crippen LogP contribution >= 0.6 is 15.9 Å². The predicted octanol–water partition coefficient (Wildman–Crippen LogP) is 3.05. The average molecular weight is 276 g/mol. The Hall–Kier alpha value is -0.610. The SMILES string of the molecule is COc1c(C(C)CCN)ccc(Br)c1F. The van der Waals surface area contributed by atoms with E-state index < -0.39 is 0 Å². The Morgan fingerprint density at radius 2 is 2.20 bits per heavy atom. The molecule has 0 saturated heterocycles. The fourth-order valence-corrected chi connectivity index (χ4v) is 1.86. The smallest absolute Gasteiger partial charge is 0.179 e. The van der Waals surface area contributed by atoms with E-state index >= 15 is 0 Å². The first-order valence-corrected chi connectivity index (χ1v) is 5.63. The maximum absolute atomic E-state index is 13.7. The minimum atomic E-state index is -0.348. The maximum Gasteiger partial charge on any atom is 0.179 e. The van der Waals surface area contributed by atoms with Crippen LogP contribution in [0.25, 0.3) is 0 Å². The molecular formula is C11H15BrFNO. The highest BCUT2D eigenvalue weighted by Crippen LogP contribution is 2.34. The summed E-state index contributed by atoms with van der Waals surface area (Å²) < 4.78 is 19.2. The molecule has 0 aromatic heterocycles. The molecule has 0 aliphatic heterocycles. The largest absolute Gasteiger partial charge is 0.493 e. The second-order valence-corrected chi connectivity index (χ2v) is 4.32. The summed E-state index contributed by atoms with van der Waals surface area (Å²) in [6.07, 6.45) is 0.817. The van der Waals surface area contributed by atoms with Gasteiger partial charge in [-0.25, -0.2) is 4.39 Å². The Kier molecular flexibility index (Phi) is 4.54. The van der Waals surface area contributed by atoms with E-state index in [1.807, 2.05) is 13.0 Å². The number of rotatable bonds is 4. The number of hydrogen-bond acceptors (Lipinski definition) is 2. The Morgan fingerprint density at radius 3 is 2.73 bits per heavy atom. The highest BCUT2D eigenvalue weighted by molar-refractivity contribution is 9.10. The monoisotopic (exact) mass is 275 g/mol. The van der Waals surface area contributed by atoms with Crippen LogP contribution in [-0.4, -0.2) is 13.7 Å². The molecule has 0 spiro atoms. The van der Waals surface area contributed by atoms with E-state index in [2.05, 4.69) is 15.9 Å². The molecule has 0 aliphatic rings. The average Bonchev–Trinajstić information content (AvgIpc) is 2.22. The highest BCUT2D eigenvalue weighted by atomic mass is 79.9. The van der Waals surface area contributed by atoms with Gasteiger partial charge in [-0.1, -0.05) is 13.0 Å². The summed E-state index contributed by atoms with van der Waals surface area (Å²) in [4.78, 5) is 0. The second-order valence-electron chi connectivity index (χ2n) is 3.46. The topological polar surface area (TPSA) is 35.2 Å². The summed E-state index contributed by atoms with van der Waals surface area (Å²) in [5.41, 5.74) is 6.35. The first kappa shape index (κ1) is 12.5. The van der Waals surface area contributed by atoms with Gasteiger partial charge < -0.3 is 10.5 Å². The Balaban J connectivity index is 3.12. The molecule has 0 aliphatic carbocycles. The summed E-state index contributed by atoms with van der Waals surface area (Å²) >= 11 is 3.13. The molecule has 0 fully saturated rings. The van der Waals surface area contributed by atoms with Crippen molar-refractivity contribution in [2.24, 2.45) is 5.73 Å². The van der Waals surface area contributed by atoms with Crippen molar-refractivity contribution in [2.45, 2.75) is 19.3 Å². The van der Waals surface area contributed by atoms with Crippen molar-refractivity contribution in [3.63, 3.8) is 0 Å². The first-order chi connectivity index (χ1) is 7.11. The van der Waals surface area contributed by atoms with Crippen LogP contribution in [0.15, 0.2) is 16.6 Å². The van der Waals surface area contributed by atoms with Gasteiger partial charge in [0.1, 0.15) is 0 Å². The van der Waals surface area contributed by atoms with Gasteiger partial charge in [0, 0.05) is 5.56 Å². The number of ether oxygens (including phenoxy) is 1. The van der Waals surface area contributed by atoms with Gasteiger partial charge >= 0.3 is 0 Å². The van der Waals surface area contributed by atoms with Crippen molar-refractivity contribution in [1.29, 1.82) is 0 Å². The first-order valence-electron chi connectivity index (χ1n) is 4.83. The summed E-state index contributed by atoms with van der Waals surface area (Å²) in [5, 5.41) is 0. The summed E-state index contributed by atoms with van der Waals surface area (Å²) in [5.74, 6) is 0.164. The van der Waals surface area contributed by atoms with Crippen LogP contribution < -0.4 is 10.5 Å². The van der Waals surface area contributed by atoms with E-state index in [1.54, 1.807) is 6.07 Å². The number of methoxy groups -OCH3 is 1. The molecule has 0 bridgehead atoms. The molecule has 1 aromatic rings. The third-order valence-electron chi connectivity index (χ3n) is 2.42. The molecule has 0 saturated carbocycles. The zero-order valence-electron chi connectivity index (χ0n) is 8.89. The molecule has 0 heterocycles. The van der Waals surface area contributed by atoms with Gasteiger partial charge in [0.15, 0.2) is 11.6 Å². The Morgan fingerprint density at radius 1 is 1.53 bits per heavy atom. The van der Waals surface area contributed by atoms with Crippen LogP contribution in [0, 0.1) is 5.82 Å². The van der Waals surface area contributed by atoms with Crippen LogP contribution in [0.5, 0.6) is 5.75 Å². The molecule has 1 aromatic carbocycles. The molecule has 1 rings (SSSR count). The predicted molar refractivity (Wildman–Crippen MR) is 62.7 cm³/mol. The van der Waals surface area contributed by atoms with Gasteiger partial charge in [0.2, 0.25) is 0 Å². The molecule has 84 valence electrons. The Labute approximate surface area is 97.7 Å². The fraction of sp³-hybridized carbons (Fsp3) is 0.455. The fourth-order valence-electron chi connectivity index (χ4n) is 1.55. The highest BCUT2D eigenvalue weighted by Gasteiger charge is 2.16. The van der Waals surface area contributed by atoms with Gasteiger partial charge in [0.05, 0.1) is 11.6 Å². The minimum absolute atomic E-state index is 0.201. The molecule has 2 nitrogen and oxygen atoms in total. The minimum Gasteiger partial charge on any atom is -0.493 e. The van der Waals surface area contributed by atoms with E-state index in [9.17, 15) is 4.39 Å². The van der Waals surface area contributed by atoms with Crippen LogP contribution in [0.4, 0.5) is 4.39 Å². The van der Waals surface area contributed by atoms with Crippen molar-refractivity contribution in [3.05, 3.63) is 28.0 Å².